The van der Waals surface area contributed by atoms with Crippen LogP contribution in [0, 0.1) is 0 Å². The molecule has 0 spiro atoms. The van der Waals surface area contributed by atoms with Crippen molar-refractivity contribution in [2.45, 2.75) is 25.4 Å². The Morgan fingerprint density at radius 2 is 2.29 bits per heavy atom. The van der Waals surface area contributed by atoms with Crippen LogP contribution in [0.3, 0.4) is 0 Å². The van der Waals surface area contributed by atoms with Crippen molar-refractivity contribution in [3.05, 3.63) is 42.2 Å². The zero-order valence-electron chi connectivity index (χ0n) is 8.02. The van der Waals surface area contributed by atoms with E-state index in [2.05, 4.69) is 6.07 Å². The average Bonchev–Trinajstić information content (AvgIpc) is 2.26. The van der Waals surface area contributed by atoms with Gasteiger partial charge in [0.25, 0.3) is 0 Å². The molecule has 0 saturated carbocycles. The molecule has 1 aromatic rings. The molecule has 0 bridgehead atoms. The largest absolute Gasteiger partial charge is 0.516 e. The Labute approximate surface area is 83.8 Å². The van der Waals surface area contributed by atoms with Crippen LogP contribution in [-0.4, -0.2) is 11.2 Å². The highest BCUT2D eigenvalue weighted by molar-refractivity contribution is 5.35. The lowest BCUT2D eigenvalue weighted by Crippen LogP contribution is -2.21. The van der Waals surface area contributed by atoms with Gasteiger partial charge in [-0.05, 0) is 30.5 Å². The van der Waals surface area contributed by atoms with Gasteiger partial charge < -0.3 is 9.84 Å². The van der Waals surface area contributed by atoms with E-state index in [9.17, 15) is 0 Å². The summed E-state index contributed by atoms with van der Waals surface area (Å²) in [6.45, 7) is 0. The first kappa shape index (κ1) is 9.13. The van der Waals surface area contributed by atoms with E-state index in [0.29, 0.717) is 0 Å². The highest BCUT2D eigenvalue weighted by atomic mass is 16.5. The predicted molar refractivity (Wildman–Crippen MR) is 55.6 cm³/mol. The lowest BCUT2D eigenvalue weighted by molar-refractivity contribution is 0.176. The minimum atomic E-state index is 0.216. The fourth-order valence-electron chi connectivity index (χ4n) is 1.76. The number of para-hydroxylation sites is 1. The number of rotatable bonds is 2. The van der Waals surface area contributed by atoms with Gasteiger partial charge in [0.2, 0.25) is 0 Å². The first-order valence-electron chi connectivity index (χ1n) is 4.94. The molecule has 74 valence electrons. The first-order valence-corrected chi connectivity index (χ1v) is 4.94. The number of hydrogen-bond acceptors (Lipinski definition) is 2. The summed E-state index contributed by atoms with van der Waals surface area (Å²) in [4.78, 5) is 0. The Morgan fingerprint density at radius 1 is 1.43 bits per heavy atom. The Bertz CT molecular complexity index is 331. The van der Waals surface area contributed by atoms with Crippen LogP contribution in [0.15, 0.2) is 36.6 Å². The number of aliphatic hydroxyl groups excluding tert-OH is 1. The van der Waals surface area contributed by atoms with E-state index in [-0.39, 0.29) is 6.10 Å². The third-order valence-electron chi connectivity index (χ3n) is 2.51. The van der Waals surface area contributed by atoms with Gasteiger partial charge in [0.15, 0.2) is 0 Å². The van der Waals surface area contributed by atoms with Crippen LogP contribution in [0.2, 0.25) is 0 Å². The molecule has 0 aromatic heterocycles. The summed E-state index contributed by atoms with van der Waals surface area (Å²) in [6, 6.07) is 8.14. The normalized spacial score (nSPS) is 20.4. The Hall–Kier alpha value is -1.44. The van der Waals surface area contributed by atoms with Crippen LogP contribution < -0.4 is 4.74 Å². The number of fused-ring (bicyclic) bond motifs is 1. The number of aliphatic hydroxyl groups is 1. The maximum Gasteiger partial charge on any atom is 0.122 e. The van der Waals surface area contributed by atoms with Gasteiger partial charge >= 0.3 is 0 Å². The van der Waals surface area contributed by atoms with E-state index >= 15 is 0 Å². The summed E-state index contributed by atoms with van der Waals surface area (Å²) >= 11 is 0. The fraction of sp³-hybridized carbons (Fsp3) is 0.333. The van der Waals surface area contributed by atoms with E-state index in [1.54, 1.807) is 6.08 Å². The summed E-state index contributed by atoms with van der Waals surface area (Å²) in [6.07, 6.45) is 5.92. The molecule has 2 nitrogen and oxygen atoms in total. The molecule has 1 atom stereocenters. The van der Waals surface area contributed by atoms with E-state index in [1.165, 1.54) is 5.56 Å². The molecule has 1 aliphatic rings. The van der Waals surface area contributed by atoms with E-state index in [1.807, 2.05) is 18.2 Å². The number of aryl methyl sites for hydroxylation is 1. The van der Waals surface area contributed by atoms with Crippen molar-refractivity contribution in [2.75, 3.05) is 0 Å². The molecule has 0 aliphatic carbocycles. The van der Waals surface area contributed by atoms with Gasteiger partial charge in [0.05, 0.1) is 6.26 Å². The SMILES string of the molecule is OC=CCC1CCc2ccccc2O1. The highest BCUT2D eigenvalue weighted by Crippen LogP contribution is 2.28. The fourth-order valence-corrected chi connectivity index (χ4v) is 1.76. The molecule has 1 aliphatic heterocycles. The molecule has 14 heavy (non-hydrogen) atoms. The average molecular weight is 190 g/mol. The van der Waals surface area contributed by atoms with Crippen molar-refractivity contribution in [3.63, 3.8) is 0 Å². The van der Waals surface area contributed by atoms with E-state index in [4.69, 9.17) is 9.84 Å². The molecule has 1 unspecified atom stereocenters. The second-order valence-electron chi connectivity index (χ2n) is 3.51. The van der Waals surface area contributed by atoms with E-state index in [0.717, 1.165) is 31.3 Å². The maximum atomic E-state index is 8.56. The number of ether oxygens (including phenoxy) is 1. The van der Waals surface area contributed by atoms with Crippen molar-refractivity contribution >= 4 is 0 Å². The maximum absolute atomic E-state index is 8.56. The molecule has 0 radical (unpaired) electrons. The third kappa shape index (κ3) is 1.90. The van der Waals surface area contributed by atoms with Crippen molar-refractivity contribution in [3.8, 4) is 5.75 Å². The second-order valence-corrected chi connectivity index (χ2v) is 3.51. The van der Waals surface area contributed by atoms with Gasteiger partial charge in [0, 0.05) is 6.42 Å². The van der Waals surface area contributed by atoms with Gasteiger partial charge in [-0.1, -0.05) is 18.2 Å². The molecule has 1 aromatic carbocycles. The van der Waals surface area contributed by atoms with E-state index < -0.39 is 0 Å². The highest BCUT2D eigenvalue weighted by Gasteiger charge is 2.17. The molecule has 2 heteroatoms. The molecule has 0 fully saturated rings. The lowest BCUT2D eigenvalue weighted by atomic mass is 10.0. The Kier molecular flexibility index (Phi) is 2.73. The molecular formula is C12H14O2. The van der Waals surface area contributed by atoms with Gasteiger partial charge in [-0.15, -0.1) is 0 Å². The first-order chi connectivity index (χ1) is 6.90. The molecule has 0 saturated heterocycles. The quantitative estimate of drug-likeness (QED) is 0.726. The summed E-state index contributed by atoms with van der Waals surface area (Å²) in [5.41, 5.74) is 1.29. The number of benzene rings is 1. The summed E-state index contributed by atoms with van der Waals surface area (Å²) in [7, 11) is 0. The predicted octanol–water partition coefficient (Wildman–Crippen LogP) is 2.84. The Balaban J connectivity index is 2.06. The molecular weight excluding hydrogens is 176 g/mol. The van der Waals surface area contributed by atoms with Crippen LogP contribution in [0.25, 0.3) is 0 Å². The monoisotopic (exact) mass is 190 g/mol. The van der Waals surface area contributed by atoms with Crippen molar-refractivity contribution in [1.29, 1.82) is 0 Å². The topological polar surface area (TPSA) is 29.5 Å². The van der Waals surface area contributed by atoms with Crippen molar-refractivity contribution < 1.29 is 9.84 Å². The third-order valence-corrected chi connectivity index (χ3v) is 2.51. The van der Waals surface area contributed by atoms with Crippen LogP contribution >= 0.6 is 0 Å². The summed E-state index contributed by atoms with van der Waals surface area (Å²) in [5.74, 6) is 0.995. The van der Waals surface area contributed by atoms with Gasteiger partial charge in [0.1, 0.15) is 11.9 Å². The minimum absolute atomic E-state index is 0.216. The molecule has 1 N–H and O–H groups in total. The van der Waals surface area contributed by atoms with Crippen LogP contribution in [-0.2, 0) is 6.42 Å². The lowest BCUT2D eigenvalue weighted by Gasteiger charge is -2.24. The summed E-state index contributed by atoms with van der Waals surface area (Å²) in [5, 5.41) is 8.56. The number of hydrogen-bond donors (Lipinski definition) is 1. The van der Waals surface area contributed by atoms with Gasteiger partial charge in [-0.2, -0.15) is 0 Å². The van der Waals surface area contributed by atoms with Crippen molar-refractivity contribution in [1.82, 2.24) is 0 Å². The molecule has 0 amide bonds. The van der Waals surface area contributed by atoms with Crippen LogP contribution in [0.4, 0.5) is 0 Å². The van der Waals surface area contributed by atoms with Crippen LogP contribution in [0.1, 0.15) is 18.4 Å². The van der Waals surface area contributed by atoms with Crippen LogP contribution in [0.5, 0.6) is 5.75 Å². The van der Waals surface area contributed by atoms with Gasteiger partial charge in [-0.25, -0.2) is 0 Å². The molecule has 2 rings (SSSR count). The summed E-state index contributed by atoms with van der Waals surface area (Å²) < 4.78 is 5.77. The second kappa shape index (κ2) is 4.18. The van der Waals surface area contributed by atoms with Gasteiger partial charge in [-0.3, -0.25) is 0 Å². The zero-order valence-corrected chi connectivity index (χ0v) is 8.02. The minimum Gasteiger partial charge on any atom is -0.516 e. The van der Waals surface area contributed by atoms with Crippen molar-refractivity contribution in [2.24, 2.45) is 0 Å². The Morgan fingerprint density at radius 3 is 3.14 bits per heavy atom. The standard InChI is InChI=1S/C12H14O2/c13-9-3-5-11-8-7-10-4-1-2-6-12(10)14-11/h1-4,6,9,11,13H,5,7-8H2. The smallest absolute Gasteiger partial charge is 0.122 e. The zero-order chi connectivity index (χ0) is 9.80. The molecule has 1 heterocycles.